The number of carbonyl (C=O) groups is 1. The van der Waals surface area contributed by atoms with Crippen molar-refractivity contribution in [3.8, 4) is 0 Å². The molecule has 6 heteroatoms. The lowest BCUT2D eigenvalue weighted by Gasteiger charge is -2.10. The third kappa shape index (κ3) is 8.99. The number of esters is 1. The van der Waals surface area contributed by atoms with Crippen molar-refractivity contribution < 1.29 is 17.9 Å². The highest BCUT2D eigenvalue weighted by Gasteiger charge is 2.10. The van der Waals surface area contributed by atoms with Gasteiger partial charge in [0.15, 0.2) is 9.84 Å². The molecule has 0 spiro atoms. The van der Waals surface area contributed by atoms with Crippen molar-refractivity contribution in [1.29, 1.82) is 0 Å². The first-order chi connectivity index (χ1) is 9.87. The molecule has 0 aromatic heterocycles. The first-order valence-corrected chi connectivity index (χ1v) is 8.64. The van der Waals surface area contributed by atoms with Gasteiger partial charge in [0.05, 0.1) is 6.42 Å². The molecule has 5 nitrogen and oxygen atoms in total. The Morgan fingerprint density at radius 2 is 2.00 bits per heavy atom. The van der Waals surface area contributed by atoms with Crippen LogP contribution in [0.5, 0.6) is 0 Å². The summed E-state index contributed by atoms with van der Waals surface area (Å²) in [7, 11) is -3.10. The average Bonchev–Trinajstić information content (AvgIpc) is 2.41. The van der Waals surface area contributed by atoms with E-state index in [0.29, 0.717) is 12.8 Å². The Kier molecular flexibility index (Phi) is 7.11. The van der Waals surface area contributed by atoms with Gasteiger partial charge < -0.3 is 10.5 Å². The third-order valence-electron chi connectivity index (χ3n) is 2.72. The Labute approximate surface area is 125 Å². The molecule has 0 bridgehead atoms. The lowest BCUT2D eigenvalue weighted by molar-refractivity contribution is -0.145. The molecule has 1 aromatic carbocycles. The molecule has 0 saturated heterocycles. The van der Waals surface area contributed by atoms with Crippen LogP contribution in [-0.2, 0) is 26.0 Å². The minimum absolute atomic E-state index is 0.125. The molecule has 0 heterocycles. The fourth-order valence-corrected chi connectivity index (χ4v) is 2.15. The van der Waals surface area contributed by atoms with Gasteiger partial charge in [-0.05, 0) is 18.4 Å². The first kappa shape index (κ1) is 17.4. The van der Waals surface area contributed by atoms with Crippen LogP contribution in [0.4, 0.5) is 0 Å². The maximum atomic E-state index is 11.6. The molecular weight excluding hydrogens is 290 g/mol. The standard InChI is InChI=1S/C15H21NO4S/c1-21(18,19)10-6-5-9-14(16)11-15(17)20-12-13-7-3-2-4-8-13/h2-4,6-8,10,14H,5,9,11-12,16H2,1H3/b10-6+. The number of hydrogen-bond donors (Lipinski definition) is 1. The van der Waals surface area contributed by atoms with Crippen molar-refractivity contribution >= 4 is 15.8 Å². The molecule has 0 saturated carbocycles. The summed E-state index contributed by atoms with van der Waals surface area (Å²) < 4.78 is 26.9. The molecule has 0 aliphatic rings. The number of sulfone groups is 1. The van der Waals surface area contributed by atoms with Gasteiger partial charge in [-0.1, -0.05) is 36.4 Å². The second kappa shape index (κ2) is 8.59. The van der Waals surface area contributed by atoms with E-state index in [-0.39, 0.29) is 25.0 Å². The van der Waals surface area contributed by atoms with E-state index in [2.05, 4.69) is 0 Å². The monoisotopic (exact) mass is 311 g/mol. The molecule has 0 aliphatic carbocycles. The largest absolute Gasteiger partial charge is 0.461 e. The van der Waals surface area contributed by atoms with Crippen LogP contribution in [-0.4, -0.2) is 26.7 Å². The molecule has 0 amide bonds. The summed E-state index contributed by atoms with van der Waals surface area (Å²) in [6, 6.07) is 9.07. The van der Waals surface area contributed by atoms with Crippen molar-refractivity contribution in [3.63, 3.8) is 0 Å². The zero-order chi connectivity index (χ0) is 15.7. The Hall–Kier alpha value is -1.66. The van der Waals surface area contributed by atoms with E-state index in [1.165, 1.54) is 0 Å². The number of rotatable bonds is 8. The van der Waals surface area contributed by atoms with Crippen molar-refractivity contribution in [2.75, 3.05) is 6.26 Å². The average molecular weight is 311 g/mol. The van der Waals surface area contributed by atoms with Crippen LogP contribution in [0.2, 0.25) is 0 Å². The molecule has 0 aliphatic heterocycles. The van der Waals surface area contributed by atoms with Crippen molar-refractivity contribution in [1.82, 2.24) is 0 Å². The molecule has 0 fully saturated rings. The van der Waals surface area contributed by atoms with Gasteiger partial charge in [-0.2, -0.15) is 0 Å². The Balaban J connectivity index is 2.23. The van der Waals surface area contributed by atoms with Crippen LogP contribution in [0.1, 0.15) is 24.8 Å². The zero-order valence-electron chi connectivity index (χ0n) is 12.1. The van der Waals surface area contributed by atoms with E-state index >= 15 is 0 Å². The van der Waals surface area contributed by atoms with Gasteiger partial charge in [-0.15, -0.1) is 0 Å². The lowest BCUT2D eigenvalue weighted by atomic mass is 10.1. The van der Waals surface area contributed by atoms with E-state index in [1.807, 2.05) is 30.3 Å². The highest BCUT2D eigenvalue weighted by Crippen LogP contribution is 2.05. The van der Waals surface area contributed by atoms with Gasteiger partial charge in [0.1, 0.15) is 6.61 Å². The van der Waals surface area contributed by atoms with Gasteiger partial charge >= 0.3 is 5.97 Å². The predicted molar refractivity (Wildman–Crippen MR) is 82.0 cm³/mol. The van der Waals surface area contributed by atoms with E-state index in [9.17, 15) is 13.2 Å². The first-order valence-electron chi connectivity index (χ1n) is 6.68. The van der Waals surface area contributed by atoms with Crippen LogP contribution in [0, 0.1) is 0 Å². The van der Waals surface area contributed by atoms with E-state index in [4.69, 9.17) is 10.5 Å². The molecule has 0 radical (unpaired) electrons. The van der Waals surface area contributed by atoms with Crippen LogP contribution < -0.4 is 5.73 Å². The second-order valence-corrected chi connectivity index (χ2v) is 6.82. The molecule has 1 rings (SSSR count). The molecule has 1 atom stereocenters. The molecule has 1 aromatic rings. The predicted octanol–water partition coefficient (Wildman–Crippen LogP) is 1.79. The summed E-state index contributed by atoms with van der Waals surface area (Å²) in [6.45, 7) is 0.236. The van der Waals surface area contributed by atoms with E-state index in [1.54, 1.807) is 6.08 Å². The highest BCUT2D eigenvalue weighted by molar-refractivity contribution is 7.93. The molecule has 116 valence electrons. The minimum atomic E-state index is -3.10. The number of carbonyl (C=O) groups excluding carboxylic acids is 1. The fourth-order valence-electron chi connectivity index (χ4n) is 1.67. The van der Waals surface area contributed by atoms with E-state index in [0.717, 1.165) is 17.2 Å². The van der Waals surface area contributed by atoms with Crippen molar-refractivity contribution in [2.45, 2.75) is 31.9 Å². The van der Waals surface area contributed by atoms with E-state index < -0.39 is 9.84 Å². The van der Waals surface area contributed by atoms with Crippen LogP contribution in [0.25, 0.3) is 0 Å². The Morgan fingerprint density at radius 3 is 2.62 bits per heavy atom. The number of nitrogens with two attached hydrogens (primary N) is 1. The quantitative estimate of drug-likeness (QED) is 0.740. The van der Waals surface area contributed by atoms with Crippen molar-refractivity contribution in [2.24, 2.45) is 5.73 Å². The summed E-state index contributed by atoms with van der Waals surface area (Å²) in [6.07, 6.45) is 3.85. The maximum Gasteiger partial charge on any atom is 0.307 e. The smallest absolute Gasteiger partial charge is 0.307 e. The topological polar surface area (TPSA) is 86.5 Å². The fraction of sp³-hybridized carbons (Fsp3) is 0.400. The normalized spacial score (nSPS) is 13.2. The molecule has 2 N–H and O–H groups in total. The number of hydrogen-bond acceptors (Lipinski definition) is 5. The van der Waals surface area contributed by atoms with Gasteiger partial charge in [0.25, 0.3) is 0 Å². The van der Waals surface area contributed by atoms with Crippen LogP contribution in [0.15, 0.2) is 41.8 Å². The number of allylic oxidation sites excluding steroid dienone is 1. The van der Waals surface area contributed by atoms with Gasteiger partial charge in [-0.25, -0.2) is 8.42 Å². The van der Waals surface area contributed by atoms with Crippen LogP contribution >= 0.6 is 0 Å². The SMILES string of the molecule is CS(=O)(=O)/C=C/CCC(N)CC(=O)OCc1ccccc1. The Morgan fingerprint density at radius 1 is 1.33 bits per heavy atom. The number of ether oxygens (including phenoxy) is 1. The maximum absolute atomic E-state index is 11.6. The summed E-state index contributed by atoms with van der Waals surface area (Å²) in [5.74, 6) is -0.349. The van der Waals surface area contributed by atoms with Gasteiger partial charge in [-0.3, -0.25) is 4.79 Å². The lowest BCUT2D eigenvalue weighted by Crippen LogP contribution is -2.24. The minimum Gasteiger partial charge on any atom is -0.461 e. The third-order valence-corrected chi connectivity index (χ3v) is 3.41. The van der Waals surface area contributed by atoms with Gasteiger partial charge in [0, 0.05) is 17.7 Å². The van der Waals surface area contributed by atoms with Crippen molar-refractivity contribution in [3.05, 3.63) is 47.4 Å². The molecule has 1 unspecified atom stereocenters. The summed E-state index contributed by atoms with van der Waals surface area (Å²) in [5, 5.41) is 1.15. The molecule has 21 heavy (non-hydrogen) atoms. The Bertz CT molecular complexity index is 567. The summed E-state index contributed by atoms with van der Waals surface area (Å²) >= 11 is 0. The van der Waals surface area contributed by atoms with Gasteiger partial charge in [0.2, 0.25) is 0 Å². The second-order valence-electron chi connectivity index (χ2n) is 4.89. The zero-order valence-corrected chi connectivity index (χ0v) is 12.9. The number of benzene rings is 1. The summed E-state index contributed by atoms with van der Waals surface area (Å²) in [5.41, 5.74) is 6.74. The summed E-state index contributed by atoms with van der Waals surface area (Å²) in [4.78, 5) is 11.6. The highest BCUT2D eigenvalue weighted by atomic mass is 32.2. The van der Waals surface area contributed by atoms with Crippen LogP contribution in [0.3, 0.4) is 0 Å². The molecular formula is C15H21NO4S.